The molecule has 39 heavy (non-hydrogen) atoms. The van der Waals surface area contributed by atoms with E-state index in [4.69, 9.17) is 0 Å². The van der Waals surface area contributed by atoms with Crippen molar-refractivity contribution in [3.8, 4) is 6.07 Å². The number of likely N-dealkylation sites (tertiary alicyclic amines) is 1. The first-order chi connectivity index (χ1) is 18.8. The van der Waals surface area contributed by atoms with Gasteiger partial charge in [-0.15, -0.1) is 0 Å². The fourth-order valence-electron chi connectivity index (χ4n) is 5.61. The van der Waals surface area contributed by atoms with Crippen LogP contribution in [0.3, 0.4) is 0 Å². The van der Waals surface area contributed by atoms with Crippen LogP contribution in [-0.4, -0.2) is 70.6 Å². The average Bonchev–Trinajstić information content (AvgIpc) is 3.35. The number of hydrogen-bond donors (Lipinski definition) is 1. The van der Waals surface area contributed by atoms with Gasteiger partial charge in [0.15, 0.2) is 0 Å². The third-order valence-electron chi connectivity index (χ3n) is 7.79. The van der Waals surface area contributed by atoms with Gasteiger partial charge in [-0.1, -0.05) is 18.2 Å². The van der Waals surface area contributed by atoms with Crippen LogP contribution in [0.15, 0.2) is 66.0 Å². The minimum Gasteiger partial charge on any atom is -0.465 e. The lowest BCUT2D eigenvalue weighted by Gasteiger charge is -2.42. The van der Waals surface area contributed by atoms with E-state index < -0.39 is 16.1 Å². The molecule has 5 rings (SSSR count). The number of carbonyl (C=O) groups is 1. The van der Waals surface area contributed by atoms with Gasteiger partial charge in [-0.2, -0.15) is 9.57 Å². The first-order valence-corrected chi connectivity index (χ1v) is 14.5. The van der Waals surface area contributed by atoms with Gasteiger partial charge in [0.2, 0.25) is 10.0 Å². The predicted molar refractivity (Wildman–Crippen MR) is 146 cm³/mol. The van der Waals surface area contributed by atoms with Gasteiger partial charge in [0, 0.05) is 51.2 Å². The second-order valence-electron chi connectivity index (χ2n) is 10.3. The number of benzene rings is 2. The van der Waals surface area contributed by atoms with E-state index in [2.05, 4.69) is 16.0 Å². The summed E-state index contributed by atoms with van der Waals surface area (Å²) in [5.74, 6) is 0.0384. The molecule has 0 bridgehead atoms. The maximum Gasteiger partial charge on any atom is 0.407 e. The third kappa shape index (κ3) is 5.62. The number of hydrogen-bond acceptors (Lipinski definition) is 6. The molecule has 1 atom stereocenters. The molecule has 2 aliphatic heterocycles. The van der Waals surface area contributed by atoms with Gasteiger partial charge in [0.05, 0.1) is 35.1 Å². The summed E-state index contributed by atoms with van der Waals surface area (Å²) in [4.78, 5) is 19.5. The van der Waals surface area contributed by atoms with Crippen LogP contribution in [0.4, 0.5) is 10.5 Å². The van der Waals surface area contributed by atoms with Crippen LogP contribution < -0.4 is 4.90 Å². The van der Waals surface area contributed by atoms with Crippen molar-refractivity contribution in [2.45, 2.75) is 36.7 Å². The molecule has 0 saturated carbocycles. The molecule has 1 unspecified atom stereocenters. The molecule has 2 aliphatic rings. The second-order valence-corrected chi connectivity index (χ2v) is 12.2. The van der Waals surface area contributed by atoms with Gasteiger partial charge in [-0.25, -0.2) is 18.2 Å². The summed E-state index contributed by atoms with van der Waals surface area (Å²) in [5.41, 5.74) is 3.44. The van der Waals surface area contributed by atoms with E-state index in [0.29, 0.717) is 57.5 Å². The molecule has 3 aromatic rings. The Labute approximate surface area is 228 Å². The van der Waals surface area contributed by atoms with Crippen molar-refractivity contribution in [3.63, 3.8) is 0 Å². The summed E-state index contributed by atoms with van der Waals surface area (Å²) >= 11 is 0. The number of amides is 1. The molecular weight excluding hydrogens is 516 g/mol. The van der Waals surface area contributed by atoms with E-state index in [1.165, 1.54) is 4.90 Å². The van der Waals surface area contributed by atoms with Gasteiger partial charge in [-0.05, 0) is 61.1 Å². The van der Waals surface area contributed by atoms with Crippen molar-refractivity contribution >= 4 is 21.8 Å². The Balaban J connectivity index is 1.50. The fourth-order valence-corrected chi connectivity index (χ4v) is 7.32. The number of rotatable bonds is 7. The number of sulfonamides is 1. The number of nitrogens with zero attached hydrogens (tertiary/aromatic N) is 6. The zero-order chi connectivity index (χ0) is 27.6. The van der Waals surface area contributed by atoms with Gasteiger partial charge >= 0.3 is 6.09 Å². The molecule has 3 heterocycles. The third-order valence-corrected chi connectivity index (χ3v) is 9.72. The van der Waals surface area contributed by atoms with Crippen molar-refractivity contribution in [2.75, 3.05) is 31.1 Å². The maximum atomic E-state index is 14.1. The molecule has 2 aromatic carbocycles. The number of fused-ring (bicyclic) bond motifs is 1. The summed E-state index contributed by atoms with van der Waals surface area (Å²) in [7, 11) is -1.92. The fraction of sp³-hybridized carbons (Fsp3) is 0.393. The minimum atomic E-state index is -3.85. The largest absolute Gasteiger partial charge is 0.465 e. The van der Waals surface area contributed by atoms with Crippen LogP contribution in [-0.2, 0) is 30.0 Å². The second kappa shape index (κ2) is 11.1. The SMILES string of the molecule is Cn1cncc1CN1CC(N(CC2CCN(C(=O)O)CC2)S(=O)(=O)c2ccccc2)Cc2cc(C#N)ccc21. The summed E-state index contributed by atoms with van der Waals surface area (Å²) in [6.45, 7) is 2.12. The molecule has 11 heteroatoms. The molecule has 1 saturated heterocycles. The first kappa shape index (κ1) is 26.7. The van der Waals surface area contributed by atoms with Crippen LogP contribution in [0.2, 0.25) is 0 Å². The number of aromatic nitrogens is 2. The van der Waals surface area contributed by atoms with Crippen LogP contribution in [0.1, 0.15) is 29.7 Å². The highest BCUT2D eigenvalue weighted by Crippen LogP contribution is 2.34. The van der Waals surface area contributed by atoms with Crippen molar-refractivity contribution in [2.24, 2.45) is 13.0 Å². The van der Waals surface area contributed by atoms with E-state index >= 15 is 0 Å². The smallest absolute Gasteiger partial charge is 0.407 e. The highest BCUT2D eigenvalue weighted by Gasteiger charge is 2.38. The first-order valence-electron chi connectivity index (χ1n) is 13.0. The maximum absolute atomic E-state index is 14.1. The van der Waals surface area contributed by atoms with Crippen molar-refractivity contribution in [1.29, 1.82) is 5.26 Å². The van der Waals surface area contributed by atoms with Gasteiger partial charge in [0.25, 0.3) is 0 Å². The average molecular weight is 549 g/mol. The van der Waals surface area contributed by atoms with Crippen molar-refractivity contribution in [1.82, 2.24) is 18.8 Å². The standard InChI is InChI=1S/C28H32N6O4S/c1-31-20-30-16-25(31)19-33-18-24(14-23-13-22(15-29)7-8-27(23)33)34(39(37,38)26-5-3-2-4-6-26)17-21-9-11-32(12-10-21)28(35)36/h2-8,13,16,20-21,24H,9-12,14,17-19H2,1H3,(H,35,36). The van der Waals surface area contributed by atoms with E-state index in [0.717, 1.165) is 16.9 Å². The van der Waals surface area contributed by atoms with Crippen LogP contribution in [0, 0.1) is 17.2 Å². The van der Waals surface area contributed by atoms with Gasteiger partial charge in [-0.3, -0.25) is 0 Å². The lowest BCUT2D eigenvalue weighted by Crippen LogP contribution is -2.53. The van der Waals surface area contributed by atoms with Crippen LogP contribution >= 0.6 is 0 Å². The van der Waals surface area contributed by atoms with E-state index in [1.54, 1.807) is 47.0 Å². The predicted octanol–water partition coefficient (Wildman–Crippen LogP) is 3.30. The Morgan fingerprint density at radius 2 is 1.92 bits per heavy atom. The Morgan fingerprint density at radius 1 is 1.18 bits per heavy atom. The molecule has 10 nitrogen and oxygen atoms in total. The lowest BCUT2D eigenvalue weighted by molar-refractivity contribution is 0.118. The number of aryl methyl sites for hydroxylation is 1. The molecule has 1 amide bonds. The topological polar surface area (TPSA) is 123 Å². The van der Waals surface area contributed by atoms with Crippen molar-refractivity contribution < 1.29 is 18.3 Å². The number of carboxylic acid groups (broad SMARTS) is 1. The monoisotopic (exact) mass is 548 g/mol. The summed E-state index contributed by atoms with van der Waals surface area (Å²) < 4.78 is 31.8. The Kier molecular flexibility index (Phi) is 7.59. The molecule has 1 aromatic heterocycles. The molecule has 204 valence electrons. The molecule has 0 aliphatic carbocycles. The van der Waals surface area contributed by atoms with E-state index in [9.17, 15) is 23.6 Å². The Hall–Kier alpha value is -3.88. The highest BCUT2D eigenvalue weighted by molar-refractivity contribution is 7.89. The van der Waals surface area contributed by atoms with Crippen LogP contribution in [0.5, 0.6) is 0 Å². The van der Waals surface area contributed by atoms with E-state index in [-0.39, 0.29) is 16.9 Å². The number of piperidine rings is 1. The number of anilines is 1. The molecule has 0 radical (unpaired) electrons. The Morgan fingerprint density at radius 3 is 2.56 bits per heavy atom. The quantitative estimate of drug-likeness (QED) is 0.481. The zero-order valence-corrected chi connectivity index (χ0v) is 22.7. The number of imidazole rings is 1. The molecule has 1 N–H and O–H groups in total. The van der Waals surface area contributed by atoms with E-state index in [1.807, 2.05) is 29.9 Å². The molecule has 1 fully saturated rings. The van der Waals surface area contributed by atoms with Crippen molar-refractivity contribution in [3.05, 3.63) is 77.9 Å². The Bertz CT molecular complexity index is 1480. The normalized spacial score (nSPS) is 18.1. The summed E-state index contributed by atoms with van der Waals surface area (Å²) in [6.07, 6.45) is 4.30. The van der Waals surface area contributed by atoms with Gasteiger partial charge < -0.3 is 19.5 Å². The minimum absolute atomic E-state index is 0.0384. The lowest BCUT2D eigenvalue weighted by atomic mass is 9.93. The molecule has 0 spiro atoms. The summed E-state index contributed by atoms with van der Waals surface area (Å²) in [5, 5.41) is 18.9. The summed E-state index contributed by atoms with van der Waals surface area (Å²) in [6, 6.07) is 15.9. The molecular formula is C28H32N6O4S. The zero-order valence-electron chi connectivity index (χ0n) is 21.8. The van der Waals surface area contributed by atoms with Crippen LogP contribution in [0.25, 0.3) is 0 Å². The highest BCUT2D eigenvalue weighted by atomic mass is 32.2. The van der Waals surface area contributed by atoms with Gasteiger partial charge in [0.1, 0.15) is 0 Å². The number of nitriles is 1.